The van der Waals surface area contributed by atoms with Crippen LogP contribution in [0.25, 0.3) is 42.4 Å². The van der Waals surface area contributed by atoms with Crippen molar-refractivity contribution < 1.29 is 8.22 Å². The molecule has 12 aromatic carbocycles. The van der Waals surface area contributed by atoms with Crippen LogP contribution in [-0.2, 0) is 54.1 Å². The van der Waals surface area contributed by atoms with Crippen LogP contribution in [-0.4, -0.2) is 0 Å². The van der Waals surface area contributed by atoms with Crippen molar-refractivity contribution >= 4 is 117 Å². The average Bonchev–Trinajstić information content (AvgIpc) is 1.33. The Morgan fingerprint density at radius 2 is 0.654 bits per heavy atom. The first kappa shape index (κ1) is 82.7. The smallest absolute Gasteiger partial charge is 0.0647 e. The Labute approximate surface area is 783 Å². The Morgan fingerprint density at radius 3 is 1.06 bits per heavy atom. The highest BCUT2D eigenvalue weighted by Gasteiger charge is 2.44. The molecule has 14 aromatic rings. The third-order valence-electron chi connectivity index (χ3n) is 29.0. The molecule has 1 N–H and O–H groups in total. The summed E-state index contributed by atoms with van der Waals surface area (Å²) >= 11 is 10.1. The van der Waals surface area contributed by atoms with E-state index in [1.165, 1.54) is 121 Å². The molecule has 0 bridgehead atoms. The zero-order valence-corrected chi connectivity index (χ0v) is 82.3. The molecular formula is C120H137ClN4S2. The fourth-order valence-electron chi connectivity index (χ4n) is 20.5. The molecule has 0 saturated carbocycles. The minimum absolute atomic E-state index is 0.0102. The Kier molecular flexibility index (Phi) is 21.8. The van der Waals surface area contributed by atoms with Gasteiger partial charge in [0.1, 0.15) is 0 Å². The molecule has 2 heterocycles. The Balaban J connectivity index is 0.000000163. The number of aryl methyl sites for hydroxylation is 4. The quantitative estimate of drug-likeness (QED) is 0.124. The molecule has 7 heteroatoms. The van der Waals surface area contributed by atoms with Crippen LogP contribution in [0.5, 0.6) is 0 Å². The third-order valence-corrected chi connectivity index (χ3v) is 31.1. The molecule has 0 unspecified atom stereocenters. The standard InChI is InChI=1S/C60H68N2S.C41H48ClN.C19H21NS/c1-39-19-26-55-48(33-39)54(38-63-55)61(43-22-20-42(21-23-43)56(3,4)5)45-31-40(2)32-46(34-45)62(44-24-25-49-50(35-44)58(8,9)28-27-57(49,6)7)53-37-52-51(59(10,11)29-30-60(52,12)13)36-47(53)41-17-15-14-16-18-41;1-27-21-29(42)23-31(22-27)43(30-15-16-33-34(24-30)39(4,5)18-17-38(33,2)3)37-26-36-35(40(6,7)19-20-41(36,8)9)25-32(37)28-13-11-10-12-14-28;1-13-5-10-18-16(11-13)17(12-21-18)20-15-8-6-14(7-9-15)19(2,3)4/h14-26,31-38H,27-30H2,1-13H3;10-16,21-26H,17-20H2,1-9H3;5-12,20H,1-4H3/i1D3;;1D3. The summed E-state index contributed by atoms with van der Waals surface area (Å²) in [6.07, 6.45) is 9.30. The molecule has 18 rings (SSSR count). The van der Waals surface area contributed by atoms with Gasteiger partial charge in [-0.2, -0.15) is 0 Å². The van der Waals surface area contributed by atoms with E-state index in [0.717, 1.165) is 108 Å². The summed E-state index contributed by atoms with van der Waals surface area (Å²) in [4.78, 5) is 7.38. The fourth-order valence-corrected chi connectivity index (χ4v) is 22.5. The van der Waals surface area contributed by atoms with Crippen molar-refractivity contribution in [3.05, 3.63) is 336 Å². The van der Waals surface area contributed by atoms with Gasteiger partial charge < -0.3 is 20.0 Å². The van der Waals surface area contributed by atoms with E-state index in [1.807, 2.05) is 23.6 Å². The molecular weight excluding hydrogens is 1600 g/mol. The monoisotopic (exact) mass is 1740 g/mol. The van der Waals surface area contributed by atoms with Gasteiger partial charge in [0, 0.05) is 95.1 Å². The highest BCUT2D eigenvalue weighted by molar-refractivity contribution is 7.18. The maximum Gasteiger partial charge on any atom is 0.0647 e. The highest BCUT2D eigenvalue weighted by atomic mass is 35.5. The Morgan fingerprint density at radius 1 is 0.307 bits per heavy atom. The summed E-state index contributed by atoms with van der Waals surface area (Å²) in [5.74, 6) is 0. The second-order valence-corrected chi connectivity index (χ2v) is 46.8. The van der Waals surface area contributed by atoms with E-state index < -0.39 is 13.7 Å². The van der Waals surface area contributed by atoms with Gasteiger partial charge in [-0.25, -0.2) is 0 Å². The summed E-state index contributed by atoms with van der Waals surface area (Å²) < 4.78 is 50.0. The number of thiophene rings is 2. The second kappa shape index (κ2) is 33.5. The number of hydrogen-bond donors (Lipinski definition) is 1. The van der Waals surface area contributed by atoms with Crippen molar-refractivity contribution in [2.75, 3.05) is 20.0 Å². The molecule has 0 saturated heterocycles. The third kappa shape index (κ3) is 18.2. The Bertz CT molecular complexity index is 6680. The molecule has 0 aliphatic heterocycles. The SMILES string of the molecule is Cc1cc(Cl)cc(N(c2ccc3c(c2)C(C)(C)CCC3(C)C)c2cc3c(cc2-c2ccccc2)C(C)(C)CCC3(C)C)c1.[2H]C([2H])([2H])c1ccc2scc(N(c3ccc(C(C)(C)C)cc3)c3cc(C)cc(N(c4ccc5c(c4)C(C)(C)CCC5(C)C)c4cc5c(cc4-c4ccccc4)C(C)(C)CCC5(C)C)c3)c2c1.[2H]C([2H])([2H])c1ccc2scc(Nc3ccc(C(C)(C)C)cc3)c2c1. The van der Waals surface area contributed by atoms with Crippen LogP contribution in [0.3, 0.4) is 0 Å². The first-order chi connectivity index (χ1) is 62.1. The largest absolute Gasteiger partial charge is 0.354 e. The van der Waals surface area contributed by atoms with E-state index in [1.54, 1.807) is 40.9 Å². The van der Waals surface area contributed by atoms with Crippen molar-refractivity contribution in [1.29, 1.82) is 0 Å². The van der Waals surface area contributed by atoms with Crippen LogP contribution < -0.4 is 20.0 Å². The van der Waals surface area contributed by atoms with Gasteiger partial charge in [-0.05, 0) is 344 Å². The van der Waals surface area contributed by atoms with Crippen molar-refractivity contribution in [3.63, 3.8) is 0 Å². The zero-order chi connectivity index (χ0) is 95.8. The first-order valence-electron chi connectivity index (χ1n) is 49.2. The molecule has 4 aliphatic rings. The topological polar surface area (TPSA) is 21.8 Å². The minimum Gasteiger partial charge on any atom is -0.354 e. The van der Waals surface area contributed by atoms with E-state index in [2.05, 4.69) is 398 Å². The van der Waals surface area contributed by atoms with Crippen LogP contribution in [0.2, 0.25) is 5.02 Å². The van der Waals surface area contributed by atoms with Gasteiger partial charge in [0.25, 0.3) is 0 Å². The lowest BCUT2D eigenvalue weighted by molar-refractivity contribution is 0.332. The van der Waals surface area contributed by atoms with Gasteiger partial charge in [-0.15, -0.1) is 22.7 Å². The predicted molar refractivity (Wildman–Crippen MR) is 557 cm³/mol. The highest BCUT2D eigenvalue weighted by Crippen LogP contribution is 2.58. The van der Waals surface area contributed by atoms with E-state index in [0.29, 0.717) is 11.1 Å². The van der Waals surface area contributed by atoms with Gasteiger partial charge in [0.05, 0.1) is 22.7 Å². The lowest BCUT2D eigenvalue weighted by atomic mass is 9.62. The fraction of sp³-hybridized carbons (Fsp3) is 0.367. The molecule has 4 aliphatic carbocycles. The number of hydrogen-bond acceptors (Lipinski definition) is 6. The van der Waals surface area contributed by atoms with Gasteiger partial charge >= 0.3 is 0 Å². The summed E-state index contributed by atoms with van der Waals surface area (Å²) in [6, 6.07) is 88.3. The maximum absolute atomic E-state index is 8.36. The summed E-state index contributed by atoms with van der Waals surface area (Å²) in [5.41, 5.74) is 34.6. The lowest BCUT2D eigenvalue weighted by Crippen LogP contribution is -2.34. The normalized spacial score (nSPS) is 17.9. The number of nitrogens with one attached hydrogen (secondary N) is 1. The van der Waals surface area contributed by atoms with Crippen molar-refractivity contribution in [3.8, 4) is 22.3 Å². The molecule has 127 heavy (non-hydrogen) atoms. The molecule has 2 aromatic heterocycles. The van der Waals surface area contributed by atoms with E-state index in [-0.39, 0.29) is 54.1 Å². The van der Waals surface area contributed by atoms with Crippen LogP contribution >= 0.6 is 34.3 Å². The van der Waals surface area contributed by atoms with Crippen LogP contribution in [0.4, 0.5) is 62.6 Å². The van der Waals surface area contributed by atoms with Crippen LogP contribution in [0.1, 0.15) is 290 Å². The molecule has 0 fully saturated rings. The van der Waals surface area contributed by atoms with Crippen molar-refractivity contribution in [2.45, 2.75) is 285 Å². The van der Waals surface area contributed by atoms with E-state index in [4.69, 9.17) is 19.8 Å². The lowest BCUT2D eigenvalue weighted by Gasteiger charge is -2.44. The second-order valence-electron chi connectivity index (χ2n) is 44.6. The number of nitrogens with zero attached hydrogens (tertiary/aromatic N) is 3. The molecule has 0 amide bonds. The number of anilines is 11. The minimum atomic E-state index is -2.22. The average molecular weight is 1740 g/mol. The van der Waals surface area contributed by atoms with Gasteiger partial charge in [-0.3, -0.25) is 0 Å². The number of halogens is 1. The molecule has 0 radical (unpaired) electrons. The van der Waals surface area contributed by atoms with Gasteiger partial charge in [0.15, 0.2) is 0 Å². The van der Waals surface area contributed by atoms with Gasteiger partial charge in [0.2, 0.25) is 0 Å². The van der Waals surface area contributed by atoms with Crippen molar-refractivity contribution in [1.82, 2.24) is 0 Å². The summed E-state index contributed by atoms with van der Waals surface area (Å²) in [7, 11) is 0. The molecule has 4 nitrogen and oxygen atoms in total. The predicted octanol–water partition coefficient (Wildman–Crippen LogP) is 36.9. The number of rotatable bonds is 13. The molecule has 656 valence electrons. The Hall–Kier alpha value is -9.95. The van der Waals surface area contributed by atoms with Crippen LogP contribution in [0, 0.1) is 27.6 Å². The van der Waals surface area contributed by atoms with E-state index in [9.17, 15) is 0 Å². The maximum atomic E-state index is 8.36. The van der Waals surface area contributed by atoms with Crippen LogP contribution in [0.15, 0.2) is 253 Å². The summed E-state index contributed by atoms with van der Waals surface area (Å²) in [5, 5.41) is 10.3. The number of fused-ring (bicyclic) bond motifs is 6. The van der Waals surface area contributed by atoms with Gasteiger partial charge in [-0.1, -0.05) is 284 Å². The van der Waals surface area contributed by atoms with Crippen molar-refractivity contribution in [2.24, 2.45) is 0 Å². The molecule has 0 atom stereocenters. The number of benzene rings is 12. The first-order valence-corrected chi connectivity index (χ1v) is 48.3. The zero-order valence-electron chi connectivity index (χ0n) is 85.9. The van der Waals surface area contributed by atoms with E-state index >= 15 is 0 Å². The molecule has 0 spiro atoms. The summed E-state index contributed by atoms with van der Waals surface area (Å²) in [6.45, 7) is 52.0.